The number of nitrogens with zero attached hydrogens (tertiary/aromatic N) is 3. The number of thioether (sulfide) groups is 1. The van der Waals surface area contributed by atoms with Crippen LogP contribution in [0.5, 0.6) is 0 Å². The molecule has 0 aliphatic heterocycles. The predicted octanol–water partition coefficient (Wildman–Crippen LogP) is 3.48. The fraction of sp³-hybridized carbons (Fsp3) is 0.0500. The summed E-state index contributed by atoms with van der Waals surface area (Å²) in [5.41, 5.74) is 1.12. The Morgan fingerprint density at radius 2 is 1.90 bits per heavy atom. The second kappa shape index (κ2) is 8.58. The monoisotopic (exact) mass is 453 g/mol. The van der Waals surface area contributed by atoms with Gasteiger partial charge in [-0.3, -0.25) is 19.7 Å². The molecule has 0 atom stereocenters. The number of fused-ring (bicyclic) bond motifs is 1. The van der Waals surface area contributed by atoms with Gasteiger partial charge in [0.2, 0.25) is 5.91 Å². The zero-order chi connectivity index (χ0) is 22.0. The number of nitrogens with one attached hydrogen (secondary N) is 1. The van der Waals surface area contributed by atoms with Gasteiger partial charge in [-0.05, 0) is 11.6 Å². The van der Waals surface area contributed by atoms with Crippen LogP contribution < -0.4 is 16.7 Å². The van der Waals surface area contributed by atoms with E-state index >= 15 is 0 Å². The summed E-state index contributed by atoms with van der Waals surface area (Å²) in [4.78, 5) is 40.6. The number of nitrogen functional groups attached to an aromatic ring is 1. The Hall–Kier alpha value is -3.70. The summed E-state index contributed by atoms with van der Waals surface area (Å²) >= 11 is 2.29. The highest BCUT2D eigenvalue weighted by atomic mass is 32.2. The van der Waals surface area contributed by atoms with Crippen molar-refractivity contribution in [1.29, 1.82) is 0 Å². The minimum atomic E-state index is -0.573. The van der Waals surface area contributed by atoms with Crippen LogP contribution in [0.15, 0.2) is 69.9 Å². The molecule has 0 fully saturated rings. The number of para-hydroxylation sites is 2. The summed E-state index contributed by atoms with van der Waals surface area (Å²) in [6.07, 6.45) is 0. The molecular formula is C20H15N5O4S2. The number of thiophene rings is 1. The third kappa shape index (κ3) is 4.13. The van der Waals surface area contributed by atoms with Crippen molar-refractivity contribution >= 4 is 50.6 Å². The Bertz CT molecular complexity index is 1350. The van der Waals surface area contributed by atoms with Crippen molar-refractivity contribution in [2.75, 3.05) is 16.9 Å². The summed E-state index contributed by atoms with van der Waals surface area (Å²) in [7, 11) is 0. The molecule has 11 heteroatoms. The van der Waals surface area contributed by atoms with Gasteiger partial charge in [-0.25, -0.2) is 9.66 Å². The first kappa shape index (κ1) is 20.6. The number of nitro benzene ring substituents is 1. The number of amides is 1. The molecule has 0 aliphatic rings. The van der Waals surface area contributed by atoms with E-state index in [-0.39, 0.29) is 22.3 Å². The van der Waals surface area contributed by atoms with E-state index in [2.05, 4.69) is 10.3 Å². The van der Waals surface area contributed by atoms with Crippen molar-refractivity contribution in [1.82, 2.24) is 9.66 Å². The van der Waals surface area contributed by atoms with Crippen molar-refractivity contribution in [3.05, 3.63) is 80.4 Å². The number of anilines is 1. The number of benzene rings is 2. The molecule has 9 nitrogen and oxygen atoms in total. The van der Waals surface area contributed by atoms with Gasteiger partial charge in [0.25, 0.3) is 11.2 Å². The summed E-state index contributed by atoms with van der Waals surface area (Å²) in [5, 5.41) is 16.0. The first-order chi connectivity index (χ1) is 15.0. The fourth-order valence-corrected chi connectivity index (χ4v) is 4.68. The van der Waals surface area contributed by atoms with Gasteiger partial charge in [0.15, 0.2) is 5.16 Å². The quantitative estimate of drug-likeness (QED) is 0.150. The van der Waals surface area contributed by atoms with Gasteiger partial charge in [-0.1, -0.05) is 54.2 Å². The van der Waals surface area contributed by atoms with Crippen LogP contribution in [0.4, 0.5) is 11.4 Å². The van der Waals surface area contributed by atoms with Crippen LogP contribution in [0.2, 0.25) is 0 Å². The average molecular weight is 454 g/mol. The molecule has 0 spiro atoms. The van der Waals surface area contributed by atoms with Crippen molar-refractivity contribution in [3.8, 4) is 11.1 Å². The molecule has 2 aromatic carbocycles. The number of hydrogen-bond donors (Lipinski definition) is 2. The molecule has 3 N–H and O–H groups in total. The second-order valence-electron chi connectivity index (χ2n) is 6.38. The van der Waals surface area contributed by atoms with Gasteiger partial charge in [0.1, 0.15) is 10.5 Å². The maximum atomic E-state index is 12.9. The first-order valence-electron chi connectivity index (χ1n) is 8.96. The number of rotatable bonds is 6. The molecule has 0 aliphatic carbocycles. The van der Waals surface area contributed by atoms with Crippen molar-refractivity contribution < 1.29 is 9.72 Å². The van der Waals surface area contributed by atoms with Gasteiger partial charge in [-0.15, -0.1) is 11.3 Å². The normalized spacial score (nSPS) is 10.8. The van der Waals surface area contributed by atoms with Gasteiger partial charge in [-0.2, -0.15) is 0 Å². The van der Waals surface area contributed by atoms with Crippen LogP contribution in [0.3, 0.4) is 0 Å². The molecule has 4 aromatic rings. The summed E-state index contributed by atoms with van der Waals surface area (Å²) in [6.45, 7) is 0. The van der Waals surface area contributed by atoms with Crippen LogP contribution in [0.1, 0.15) is 0 Å². The third-order valence-electron chi connectivity index (χ3n) is 4.40. The lowest BCUT2D eigenvalue weighted by Crippen LogP contribution is -2.30. The number of hydrogen-bond acceptors (Lipinski definition) is 8. The number of nitrogens with two attached hydrogens (primary N) is 1. The van der Waals surface area contributed by atoms with Crippen LogP contribution in [-0.2, 0) is 4.79 Å². The number of aromatic nitrogens is 2. The molecule has 2 heterocycles. The summed E-state index contributed by atoms with van der Waals surface area (Å²) in [6, 6.07) is 15.3. The maximum absolute atomic E-state index is 12.9. The standard InChI is InChI=1S/C20H15N5O4S2/c21-24-19(27)17-13(12-6-2-1-3-7-12)10-30-18(17)23-20(24)31-11-16(26)22-14-8-4-5-9-15(14)25(28)29/h1-10H,11,21H2,(H,22,26). The first-order valence-corrected chi connectivity index (χ1v) is 10.8. The van der Waals surface area contributed by atoms with E-state index in [1.165, 1.54) is 29.5 Å². The molecular weight excluding hydrogens is 438 g/mol. The molecule has 156 valence electrons. The van der Waals surface area contributed by atoms with E-state index in [0.717, 1.165) is 27.6 Å². The predicted molar refractivity (Wildman–Crippen MR) is 122 cm³/mol. The lowest BCUT2D eigenvalue weighted by molar-refractivity contribution is -0.383. The van der Waals surface area contributed by atoms with E-state index < -0.39 is 16.4 Å². The topological polar surface area (TPSA) is 133 Å². The Morgan fingerprint density at radius 3 is 2.65 bits per heavy atom. The van der Waals surface area contributed by atoms with E-state index in [1.54, 1.807) is 6.07 Å². The summed E-state index contributed by atoms with van der Waals surface area (Å²) < 4.78 is 0.921. The van der Waals surface area contributed by atoms with E-state index in [1.807, 2.05) is 35.7 Å². The molecule has 2 aromatic heterocycles. The highest BCUT2D eigenvalue weighted by Crippen LogP contribution is 2.31. The Labute approximate surface area is 183 Å². The number of carbonyl (C=O) groups is 1. The molecule has 31 heavy (non-hydrogen) atoms. The summed E-state index contributed by atoms with van der Waals surface area (Å²) in [5.74, 6) is 5.35. The Balaban J connectivity index is 1.56. The Morgan fingerprint density at radius 1 is 1.19 bits per heavy atom. The molecule has 0 unspecified atom stereocenters. The lowest BCUT2D eigenvalue weighted by Gasteiger charge is -2.08. The molecule has 0 radical (unpaired) electrons. The van der Waals surface area contributed by atoms with Gasteiger partial charge < -0.3 is 11.2 Å². The average Bonchev–Trinajstić information content (AvgIpc) is 3.20. The lowest BCUT2D eigenvalue weighted by atomic mass is 10.1. The fourth-order valence-electron chi connectivity index (χ4n) is 2.97. The molecule has 4 rings (SSSR count). The smallest absolute Gasteiger partial charge is 0.292 e. The molecule has 0 saturated heterocycles. The van der Waals surface area contributed by atoms with Crippen LogP contribution in [0.25, 0.3) is 21.3 Å². The van der Waals surface area contributed by atoms with Crippen LogP contribution in [0, 0.1) is 10.1 Å². The number of carbonyl (C=O) groups excluding carboxylic acids is 1. The zero-order valence-corrected chi connectivity index (χ0v) is 17.5. The molecule has 0 saturated carbocycles. The minimum absolute atomic E-state index is 0.0948. The zero-order valence-electron chi connectivity index (χ0n) is 15.8. The maximum Gasteiger partial charge on any atom is 0.292 e. The third-order valence-corrected chi connectivity index (χ3v) is 6.22. The van der Waals surface area contributed by atoms with Crippen molar-refractivity contribution in [2.45, 2.75) is 5.16 Å². The molecule has 0 bridgehead atoms. The highest BCUT2D eigenvalue weighted by molar-refractivity contribution is 7.99. The van der Waals surface area contributed by atoms with Gasteiger partial charge in [0, 0.05) is 17.0 Å². The van der Waals surface area contributed by atoms with Crippen LogP contribution >= 0.6 is 23.1 Å². The van der Waals surface area contributed by atoms with Crippen molar-refractivity contribution in [2.24, 2.45) is 0 Å². The Kier molecular flexibility index (Phi) is 5.69. The van der Waals surface area contributed by atoms with E-state index in [0.29, 0.717) is 10.2 Å². The highest BCUT2D eigenvalue weighted by Gasteiger charge is 2.18. The molecule has 1 amide bonds. The minimum Gasteiger partial charge on any atom is -0.334 e. The second-order valence-corrected chi connectivity index (χ2v) is 8.18. The van der Waals surface area contributed by atoms with Crippen LogP contribution in [-0.4, -0.2) is 26.2 Å². The van der Waals surface area contributed by atoms with Crippen molar-refractivity contribution in [3.63, 3.8) is 0 Å². The SMILES string of the molecule is Nn1c(SCC(=O)Nc2ccccc2[N+](=O)[O-])nc2scc(-c3ccccc3)c2c1=O. The number of nitro groups is 1. The van der Waals surface area contributed by atoms with E-state index in [4.69, 9.17) is 5.84 Å². The van der Waals surface area contributed by atoms with Gasteiger partial charge >= 0.3 is 0 Å². The van der Waals surface area contributed by atoms with E-state index in [9.17, 15) is 19.7 Å². The largest absolute Gasteiger partial charge is 0.334 e. The van der Waals surface area contributed by atoms with Gasteiger partial charge in [0.05, 0.1) is 16.1 Å².